The van der Waals surface area contributed by atoms with Gasteiger partial charge in [0.15, 0.2) is 0 Å². The van der Waals surface area contributed by atoms with Crippen molar-refractivity contribution in [1.29, 1.82) is 0 Å². The van der Waals surface area contributed by atoms with Gasteiger partial charge in [0.2, 0.25) is 9.05 Å². The maximum atomic E-state index is 10.6. The Morgan fingerprint density at radius 1 is 1.00 bits per heavy atom. The molecule has 0 aliphatic carbocycles. The molecule has 0 fully saturated rings. The molecule has 0 rings (SSSR count). The molecule has 0 atom stereocenters. The van der Waals surface area contributed by atoms with E-state index in [0.29, 0.717) is 26.2 Å². The van der Waals surface area contributed by atoms with Crippen LogP contribution in [0.15, 0.2) is 0 Å². The zero-order chi connectivity index (χ0) is 13.4. The Morgan fingerprint density at radius 2 is 1.65 bits per heavy atom. The molecule has 0 saturated carbocycles. The second-order valence-electron chi connectivity index (χ2n) is 4.88. The van der Waals surface area contributed by atoms with E-state index >= 15 is 0 Å². The third-order valence-corrected chi connectivity index (χ3v) is 3.18. The minimum Gasteiger partial charge on any atom is -0.379 e. The van der Waals surface area contributed by atoms with E-state index in [1.165, 1.54) is 0 Å². The Kier molecular flexibility index (Phi) is 8.37. The lowest BCUT2D eigenvalue weighted by molar-refractivity contribution is -0.0351. The number of ether oxygens (including phenoxy) is 2. The van der Waals surface area contributed by atoms with E-state index in [0.717, 1.165) is 12.8 Å². The first-order valence-electron chi connectivity index (χ1n) is 5.85. The second kappa shape index (κ2) is 8.29. The fourth-order valence-corrected chi connectivity index (χ4v) is 2.04. The van der Waals surface area contributed by atoms with Crippen LogP contribution in [0.25, 0.3) is 0 Å². The van der Waals surface area contributed by atoms with Crippen molar-refractivity contribution in [1.82, 2.24) is 0 Å². The molecule has 0 spiro atoms. The highest BCUT2D eigenvalue weighted by molar-refractivity contribution is 8.13. The summed E-state index contributed by atoms with van der Waals surface area (Å²) in [6, 6.07) is 0. The first-order chi connectivity index (χ1) is 7.71. The molecule has 104 valence electrons. The van der Waals surface area contributed by atoms with Gasteiger partial charge in [0.05, 0.1) is 24.6 Å². The topological polar surface area (TPSA) is 52.6 Å². The van der Waals surface area contributed by atoms with Crippen LogP contribution in [0.4, 0.5) is 0 Å². The average molecular weight is 287 g/mol. The van der Waals surface area contributed by atoms with Crippen LogP contribution < -0.4 is 0 Å². The van der Waals surface area contributed by atoms with Crippen LogP contribution in [0, 0.1) is 0 Å². The summed E-state index contributed by atoms with van der Waals surface area (Å²) in [7, 11) is 1.75. The molecule has 0 aliphatic heterocycles. The number of hydrogen-bond acceptors (Lipinski definition) is 4. The molecule has 0 aromatic carbocycles. The normalized spacial score (nSPS) is 12.9. The summed E-state index contributed by atoms with van der Waals surface area (Å²) >= 11 is 0. The minimum absolute atomic E-state index is 0.0433. The molecule has 0 bridgehead atoms. The first-order valence-corrected chi connectivity index (χ1v) is 8.32. The molecule has 0 unspecified atom stereocenters. The lowest BCUT2D eigenvalue weighted by atomic mass is 10.2. The van der Waals surface area contributed by atoms with Crippen molar-refractivity contribution in [2.45, 2.75) is 45.6 Å². The highest BCUT2D eigenvalue weighted by Gasteiger charge is 2.08. The number of halogens is 1. The Hall–Kier alpha value is 0.160. The summed E-state index contributed by atoms with van der Waals surface area (Å²) in [5.74, 6) is 0.0433. The molecular weight excluding hydrogens is 264 g/mol. The molecule has 0 amide bonds. The number of rotatable bonds is 9. The van der Waals surface area contributed by atoms with Crippen molar-refractivity contribution in [3.05, 3.63) is 0 Å². The largest absolute Gasteiger partial charge is 0.379 e. The van der Waals surface area contributed by atoms with Gasteiger partial charge in [0.25, 0.3) is 0 Å². The van der Waals surface area contributed by atoms with E-state index in [2.05, 4.69) is 0 Å². The van der Waals surface area contributed by atoms with Crippen LogP contribution in [0.3, 0.4) is 0 Å². The minimum atomic E-state index is -3.33. The molecule has 0 radical (unpaired) electrons. The van der Waals surface area contributed by atoms with E-state index in [1.807, 2.05) is 20.8 Å². The maximum absolute atomic E-state index is 10.6. The van der Waals surface area contributed by atoms with E-state index < -0.39 is 9.05 Å². The van der Waals surface area contributed by atoms with E-state index in [4.69, 9.17) is 20.2 Å². The van der Waals surface area contributed by atoms with Crippen molar-refractivity contribution in [2.75, 3.05) is 25.6 Å². The van der Waals surface area contributed by atoms with Crippen molar-refractivity contribution < 1.29 is 17.9 Å². The predicted molar refractivity (Wildman–Crippen MR) is 70.0 cm³/mol. The van der Waals surface area contributed by atoms with Gasteiger partial charge in [0.1, 0.15) is 0 Å². The molecular formula is C11H23ClO4S. The summed E-state index contributed by atoms with van der Waals surface area (Å²) in [6.45, 7) is 7.79. The lowest BCUT2D eigenvalue weighted by Gasteiger charge is -2.19. The molecule has 0 aromatic heterocycles. The molecule has 0 heterocycles. The first kappa shape index (κ1) is 17.2. The molecule has 0 aromatic rings. The quantitative estimate of drug-likeness (QED) is 0.483. The summed E-state index contributed by atoms with van der Waals surface area (Å²) < 4.78 is 32.1. The number of unbranched alkanes of at least 4 members (excludes halogenated alkanes) is 2. The summed E-state index contributed by atoms with van der Waals surface area (Å²) in [5, 5.41) is 0. The van der Waals surface area contributed by atoms with Crippen LogP contribution >= 0.6 is 10.7 Å². The Bertz CT molecular complexity index is 282. The smallest absolute Gasteiger partial charge is 0.232 e. The van der Waals surface area contributed by atoms with Gasteiger partial charge < -0.3 is 9.47 Å². The average Bonchev–Trinajstić information content (AvgIpc) is 2.11. The summed E-state index contributed by atoms with van der Waals surface area (Å²) in [6.07, 6.45) is 2.25. The van der Waals surface area contributed by atoms with Gasteiger partial charge in [-0.15, -0.1) is 0 Å². The Morgan fingerprint density at radius 3 is 2.18 bits per heavy atom. The van der Waals surface area contributed by atoms with Crippen LogP contribution in [-0.2, 0) is 18.5 Å². The van der Waals surface area contributed by atoms with Gasteiger partial charge in [-0.05, 0) is 33.6 Å². The number of hydrogen-bond donors (Lipinski definition) is 0. The maximum Gasteiger partial charge on any atom is 0.232 e. The van der Waals surface area contributed by atoms with Gasteiger partial charge in [0, 0.05) is 17.3 Å². The summed E-state index contributed by atoms with van der Waals surface area (Å²) in [4.78, 5) is 0. The van der Waals surface area contributed by atoms with Gasteiger partial charge >= 0.3 is 0 Å². The standard InChI is InChI=1S/C11H23ClO4S/c1-11(2,3)16-9-8-15-7-5-4-6-10-17(12,13)14/h4-10H2,1-3H3. The van der Waals surface area contributed by atoms with Crippen LogP contribution in [-0.4, -0.2) is 39.6 Å². The zero-order valence-electron chi connectivity index (χ0n) is 10.9. The Labute approximate surface area is 109 Å². The molecule has 6 heteroatoms. The SMILES string of the molecule is CC(C)(C)OCCOCCCCCS(=O)(=O)Cl. The Balaban J connectivity index is 3.20. The monoisotopic (exact) mass is 286 g/mol. The lowest BCUT2D eigenvalue weighted by Crippen LogP contribution is -2.21. The predicted octanol–water partition coefficient (Wildman–Crippen LogP) is 2.56. The zero-order valence-corrected chi connectivity index (χ0v) is 12.4. The fraction of sp³-hybridized carbons (Fsp3) is 1.00. The van der Waals surface area contributed by atoms with E-state index in [-0.39, 0.29) is 11.4 Å². The van der Waals surface area contributed by atoms with Crippen molar-refractivity contribution >= 4 is 19.7 Å². The van der Waals surface area contributed by atoms with Crippen LogP contribution in [0.2, 0.25) is 0 Å². The van der Waals surface area contributed by atoms with Crippen LogP contribution in [0.5, 0.6) is 0 Å². The molecule has 0 saturated heterocycles. The second-order valence-corrected chi connectivity index (χ2v) is 7.77. The molecule has 4 nitrogen and oxygen atoms in total. The van der Waals surface area contributed by atoms with E-state index in [1.54, 1.807) is 0 Å². The van der Waals surface area contributed by atoms with E-state index in [9.17, 15) is 8.42 Å². The molecule has 17 heavy (non-hydrogen) atoms. The molecule has 0 aliphatic rings. The van der Waals surface area contributed by atoms with Gasteiger partial charge in [-0.3, -0.25) is 0 Å². The van der Waals surface area contributed by atoms with Gasteiger partial charge in [-0.1, -0.05) is 6.42 Å². The third kappa shape index (κ3) is 16.2. The van der Waals surface area contributed by atoms with Gasteiger partial charge in [-0.25, -0.2) is 8.42 Å². The van der Waals surface area contributed by atoms with Crippen LogP contribution in [0.1, 0.15) is 40.0 Å². The van der Waals surface area contributed by atoms with Crippen molar-refractivity contribution in [3.8, 4) is 0 Å². The van der Waals surface area contributed by atoms with Crippen molar-refractivity contribution in [2.24, 2.45) is 0 Å². The molecule has 0 N–H and O–H groups in total. The summed E-state index contributed by atoms with van der Waals surface area (Å²) in [5.41, 5.74) is -0.127. The highest BCUT2D eigenvalue weighted by atomic mass is 35.7. The fourth-order valence-electron chi connectivity index (χ4n) is 1.16. The highest BCUT2D eigenvalue weighted by Crippen LogP contribution is 2.06. The van der Waals surface area contributed by atoms with Crippen molar-refractivity contribution in [3.63, 3.8) is 0 Å². The third-order valence-electron chi connectivity index (χ3n) is 1.94. The van der Waals surface area contributed by atoms with Gasteiger partial charge in [-0.2, -0.15) is 0 Å².